The van der Waals surface area contributed by atoms with Crippen molar-refractivity contribution in [3.63, 3.8) is 0 Å². The van der Waals surface area contributed by atoms with Crippen LogP contribution in [0.25, 0.3) is 0 Å². The number of hydrogen-bond donors (Lipinski definition) is 8. The molecular formula is C70H98ClNO38. The molecule has 39 nitrogen and oxygen atoms in total. The van der Waals surface area contributed by atoms with Crippen molar-refractivity contribution in [2.24, 2.45) is 0 Å². The van der Waals surface area contributed by atoms with Gasteiger partial charge in [0.1, 0.15) is 137 Å². The highest BCUT2D eigenvalue weighted by Crippen LogP contribution is 2.53. The summed E-state index contributed by atoms with van der Waals surface area (Å²) in [4.78, 5) is 39.7. The third kappa shape index (κ3) is 15.3. The van der Waals surface area contributed by atoms with Crippen LogP contribution in [0, 0.1) is 24.0 Å². The minimum absolute atomic E-state index is 0.105. The van der Waals surface area contributed by atoms with E-state index in [9.17, 15) is 60.6 Å². The maximum absolute atomic E-state index is 14.2. The number of carbonyl (C=O) groups excluding carboxylic acids is 2. The zero-order valence-electron chi connectivity index (χ0n) is 62.7. The number of aliphatic hydroxyl groups excluding tert-OH is 5. The number of aryl methyl sites for hydroxylation is 2. The summed E-state index contributed by atoms with van der Waals surface area (Å²) in [7, 11) is 6.57. The predicted molar refractivity (Wildman–Crippen MR) is 358 cm³/mol. The van der Waals surface area contributed by atoms with Gasteiger partial charge in [-0.15, -0.1) is 0 Å². The molecule has 8 N–H and O–H groups in total. The van der Waals surface area contributed by atoms with Crippen molar-refractivity contribution < 1.29 is 179 Å². The van der Waals surface area contributed by atoms with Crippen LogP contribution in [0.2, 0.25) is 5.02 Å². The second-order valence-corrected chi connectivity index (χ2v) is 30.2. The Morgan fingerprint density at radius 2 is 1.29 bits per heavy atom. The highest BCUT2D eigenvalue weighted by atomic mass is 35.5. The molecule has 0 aliphatic carbocycles. The van der Waals surface area contributed by atoms with E-state index >= 15 is 0 Å². The van der Waals surface area contributed by atoms with Crippen LogP contribution in [0.4, 0.5) is 0 Å². The van der Waals surface area contributed by atoms with Gasteiger partial charge in [-0.05, 0) is 78.6 Å². The average molecular weight is 1600 g/mol. The molecule has 0 saturated carbocycles. The van der Waals surface area contributed by atoms with Crippen LogP contribution in [0.15, 0.2) is 18.2 Å². The Kier molecular flexibility index (Phi) is 24.7. The van der Waals surface area contributed by atoms with Gasteiger partial charge in [0.05, 0.1) is 76.4 Å². The normalized spacial score (nSPS) is 45.9. The van der Waals surface area contributed by atoms with Gasteiger partial charge in [-0.3, -0.25) is 10.1 Å². The molecule has 2 aromatic rings. The molecule has 11 fully saturated rings. The van der Waals surface area contributed by atoms with Gasteiger partial charge in [-0.25, -0.2) is 9.59 Å². The first-order chi connectivity index (χ1) is 52.1. The van der Waals surface area contributed by atoms with E-state index in [1.807, 2.05) is 0 Å². The fraction of sp³-hybridized carbons (Fsp3) is 0.800. The molecule has 0 amide bonds. The van der Waals surface area contributed by atoms with Gasteiger partial charge >= 0.3 is 17.9 Å². The maximum atomic E-state index is 14.2. The van der Waals surface area contributed by atoms with Crippen molar-refractivity contribution >= 4 is 23.5 Å². The number of nitro groups is 1. The fourth-order valence-electron chi connectivity index (χ4n) is 17.0. The van der Waals surface area contributed by atoms with Crippen LogP contribution in [-0.4, -0.2) is 333 Å². The number of ether oxygens (including phenoxy) is 26. The standard InChI is InChI=1S/C70H98ClNO38/c1-25-15-32(73)17-33(74)42(25)61(81)99-38-23-93-70(60-53(38)91-24-92-60)107-39-22-90-63(46(78)52(39)108-70)105-65-56(88-13)45(77)51(37(100-65)21-85-10)103-64-47(79)55(50(86-11)28(4)96-64)104-66-57(80)68(9)59(31(7)97-66)109-69(110-68)19-35(76)48(29(5)106-69)101-40-18-36(98-41-20-67(8,72(83)84)58(89-14)30(6)95-41)49(27(3)94-40)102-62(82)43-26(2)16-34(75)44(71)54(43)87-12/h15-17,27-31,35-41,45-53,55-60,63-66,73-80H,18-24H2,1-14H3/t27-,28-,29-,30+,31-,35-,36-,37-,38-,39+,40+,41+,45+,46-,47-,48-,49-,50+,51-,52-,53+,55-,56+,57-,58+,59-,60-,63+,64+,65+,66+,67+,68-,69-,70-/m1/s1. The molecule has 11 aliphatic heterocycles. The molecule has 2 aromatic carbocycles. The van der Waals surface area contributed by atoms with E-state index < -0.39 is 242 Å². The van der Waals surface area contributed by atoms with Crippen molar-refractivity contribution in [1.29, 1.82) is 0 Å². The Bertz CT molecular complexity index is 3570. The van der Waals surface area contributed by atoms with Crippen molar-refractivity contribution in [3.8, 4) is 23.0 Å². The third-order valence-electron chi connectivity index (χ3n) is 22.3. The summed E-state index contributed by atoms with van der Waals surface area (Å²) in [6.45, 7) is 12.9. The Balaban J connectivity index is 0.642. The van der Waals surface area contributed by atoms with Gasteiger partial charge in [-0.2, -0.15) is 0 Å². The molecule has 35 atom stereocenters. The SMILES string of the molecule is COC[C@H]1O[C@@H](O[C@@H]2OC[C@@H]3O[C@@]4(OC[C@@H](OC(=O)c5c(C)cc(O)cc5O)[C@@H]5OCO[C@H]54)O[C@H]3[C@H]2O)[C@@H](OC)[C@@H](O)[C@@H]1O[C@@H]1O[C@H](C)[C@H](OC)[C@H](O[C@@H]2O[C@H](C)[C@H]3O[C@]4(C[C@@H](O)[C@H](O[C@H]5C[C@@H](O[C@H]6C[C@](C)([N+](=O)[O-])[C@@H](OC)[C@H](C)O6)[C@H](OC(=O)c6c(C)cc(O)c(Cl)c6OC)[C@@H](C)O5)[C@@H](C)O4)O[C@]3(C)[C@@H]2O)[C@H]1O. The predicted octanol–water partition coefficient (Wildman–Crippen LogP) is 0.609. The molecular weight excluding hydrogens is 1500 g/mol. The van der Waals surface area contributed by atoms with Crippen LogP contribution >= 0.6 is 11.6 Å². The van der Waals surface area contributed by atoms with E-state index in [1.165, 1.54) is 75.4 Å². The average Bonchev–Trinajstić information content (AvgIpc) is 1.56. The first kappa shape index (κ1) is 83.1. The van der Waals surface area contributed by atoms with Crippen LogP contribution in [0.1, 0.15) is 99.6 Å². The van der Waals surface area contributed by atoms with E-state index in [-0.39, 0.29) is 84.0 Å². The number of esters is 2. The van der Waals surface area contributed by atoms with Crippen LogP contribution in [-0.2, 0) is 118 Å². The number of phenolic OH excluding ortho intramolecular Hbond substituents is 3. The molecule has 13 rings (SSSR count). The number of aromatic hydroxyl groups is 3. The first-order valence-electron chi connectivity index (χ1n) is 36.2. The lowest BCUT2D eigenvalue weighted by Crippen LogP contribution is -2.68. The van der Waals surface area contributed by atoms with Crippen molar-refractivity contribution in [2.75, 3.05) is 62.2 Å². The van der Waals surface area contributed by atoms with Crippen LogP contribution in [0.3, 0.4) is 0 Å². The Labute approximate surface area is 635 Å². The van der Waals surface area contributed by atoms with Gasteiger partial charge in [0.15, 0.2) is 67.9 Å². The topological polar surface area (TPSA) is 479 Å². The summed E-state index contributed by atoms with van der Waals surface area (Å²) >= 11 is 6.37. The Morgan fingerprint density at radius 3 is 1.97 bits per heavy atom. The summed E-state index contributed by atoms with van der Waals surface area (Å²) in [6.07, 6.45) is -40.5. The van der Waals surface area contributed by atoms with Gasteiger partial charge < -0.3 is 164 Å². The van der Waals surface area contributed by atoms with Gasteiger partial charge in [0.2, 0.25) is 0 Å². The first-order valence-corrected chi connectivity index (χ1v) is 36.6. The summed E-state index contributed by atoms with van der Waals surface area (Å²) in [6, 6.07) is 3.55. The number of aliphatic hydroxyl groups is 5. The minimum Gasteiger partial charge on any atom is -0.508 e. The Hall–Kier alpha value is -4.85. The van der Waals surface area contributed by atoms with Crippen LogP contribution in [0.5, 0.6) is 23.0 Å². The van der Waals surface area contributed by atoms with E-state index in [1.54, 1.807) is 34.6 Å². The van der Waals surface area contributed by atoms with E-state index in [0.717, 1.165) is 6.07 Å². The monoisotopic (exact) mass is 1600 g/mol. The second-order valence-electron chi connectivity index (χ2n) is 29.8. The number of halogens is 1. The van der Waals surface area contributed by atoms with Crippen molar-refractivity contribution in [2.45, 2.75) is 295 Å². The number of phenols is 3. The second kappa shape index (κ2) is 32.7. The van der Waals surface area contributed by atoms with E-state index in [4.69, 9.17) is 135 Å². The molecule has 0 aromatic heterocycles. The molecule has 618 valence electrons. The lowest BCUT2D eigenvalue weighted by molar-refractivity contribution is -0.595. The smallest absolute Gasteiger partial charge is 0.342 e. The van der Waals surface area contributed by atoms with Gasteiger partial charge in [0.25, 0.3) is 11.5 Å². The molecule has 0 unspecified atom stereocenters. The van der Waals surface area contributed by atoms with Crippen molar-refractivity contribution in [3.05, 3.63) is 55.6 Å². The molecule has 40 heteroatoms. The van der Waals surface area contributed by atoms with Crippen molar-refractivity contribution in [1.82, 2.24) is 0 Å². The maximum Gasteiger partial charge on any atom is 0.342 e. The number of fused-ring (bicyclic) bond motifs is 4. The number of benzene rings is 2. The highest BCUT2D eigenvalue weighted by Gasteiger charge is 2.70. The number of hydrogen-bond acceptors (Lipinski definition) is 38. The largest absolute Gasteiger partial charge is 0.508 e. The zero-order chi connectivity index (χ0) is 79.3. The summed E-state index contributed by atoms with van der Waals surface area (Å²) in [5.74, 6) is -7.18. The minimum atomic E-state index is -2.05. The molecule has 11 aliphatic rings. The number of methoxy groups -OCH3 is 5. The zero-order valence-corrected chi connectivity index (χ0v) is 63.5. The van der Waals surface area contributed by atoms with Gasteiger partial charge in [0, 0.05) is 52.8 Å². The third-order valence-corrected chi connectivity index (χ3v) is 22.7. The molecule has 11 heterocycles. The van der Waals surface area contributed by atoms with Gasteiger partial charge in [-0.1, -0.05) is 11.6 Å². The number of rotatable bonds is 21. The lowest BCUT2D eigenvalue weighted by atomic mass is 9.85. The summed E-state index contributed by atoms with van der Waals surface area (Å²) < 4.78 is 160. The van der Waals surface area contributed by atoms with Crippen LogP contribution < -0.4 is 4.74 Å². The number of carbonyl (C=O) groups is 2. The number of nitrogens with zero attached hydrogens (tertiary/aromatic N) is 1. The van der Waals surface area contributed by atoms with E-state index in [2.05, 4.69) is 0 Å². The highest BCUT2D eigenvalue weighted by molar-refractivity contribution is 6.34. The lowest BCUT2D eigenvalue weighted by Gasteiger charge is -2.50. The summed E-state index contributed by atoms with van der Waals surface area (Å²) in [5, 5.41) is 104. The Morgan fingerprint density at radius 1 is 0.600 bits per heavy atom. The summed E-state index contributed by atoms with van der Waals surface area (Å²) in [5.41, 5.74) is -3.21. The molecule has 11 saturated heterocycles. The fourth-order valence-corrected chi connectivity index (χ4v) is 17.2. The quantitative estimate of drug-likeness (QED) is 0.0482. The van der Waals surface area contributed by atoms with E-state index in [0.29, 0.717) is 0 Å². The molecule has 0 bridgehead atoms. The molecule has 110 heavy (non-hydrogen) atoms. The molecule has 0 radical (unpaired) electrons. The molecule has 2 spiro atoms.